The summed E-state index contributed by atoms with van der Waals surface area (Å²) in [5, 5.41) is 9.60. The molecule has 0 saturated heterocycles. The fourth-order valence-electron chi connectivity index (χ4n) is 0.823. The summed E-state index contributed by atoms with van der Waals surface area (Å²) in [5.41, 5.74) is 0.764. The van der Waals surface area contributed by atoms with Crippen LogP contribution < -0.4 is 0 Å². The third kappa shape index (κ3) is 1.33. The van der Waals surface area contributed by atoms with Gasteiger partial charge in [-0.25, -0.2) is 10.1 Å². The minimum absolute atomic E-state index is 0.288. The summed E-state index contributed by atoms with van der Waals surface area (Å²) < 4.78 is 0. The molecule has 12 heavy (non-hydrogen) atoms. The first kappa shape index (κ1) is 7.70. The average molecular weight is 201 g/mol. The van der Waals surface area contributed by atoms with Crippen molar-refractivity contribution >= 4 is 22.9 Å². The highest BCUT2D eigenvalue weighted by molar-refractivity contribution is 7.09. The third-order valence-corrected chi connectivity index (χ3v) is 2.25. The van der Waals surface area contributed by atoms with E-state index in [2.05, 4.69) is 20.2 Å². The van der Waals surface area contributed by atoms with Gasteiger partial charge in [-0.05, 0) is 18.5 Å². The molecule has 0 saturated carbocycles. The van der Waals surface area contributed by atoms with E-state index < -0.39 is 0 Å². The van der Waals surface area contributed by atoms with Crippen LogP contribution in [-0.4, -0.2) is 20.2 Å². The Morgan fingerprint density at radius 2 is 2.33 bits per heavy atom. The zero-order valence-corrected chi connectivity index (χ0v) is 7.78. The van der Waals surface area contributed by atoms with Crippen molar-refractivity contribution in [3.05, 3.63) is 15.7 Å². The second-order valence-electron chi connectivity index (χ2n) is 2.20. The first-order valence-corrected chi connectivity index (χ1v) is 4.52. The van der Waals surface area contributed by atoms with Gasteiger partial charge < -0.3 is 0 Å². The quantitative estimate of drug-likeness (QED) is 0.765. The minimum atomic E-state index is 0.288. The Labute approximate surface area is 77.6 Å². The number of H-pyrrole nitrogens is 1. The molecule has 0 radical (unpaired) electrons. The SMILES string of the molecule is Cc1nc(-c2n[nH]c(Cl)n2)cs1. The van der Waals surface area contributed by atoms with E-state index in [1.807, 2.05) is 12.3 Å². The topological polar surface area (TPSA) is 54.5 Å². The normalized spacial score (nSPS) is 10.5. The maximum Gasteiger partial charge on any atom is 0.218 e. The van der Waals surface area contributed by atoms with Crippen molar-refractivity contribution < 1.29 is 0 Å². The molecule has 2 rings (SSSR count). The highest BCUT2D eigenvalue weighted by Crippen LogP contribution is 2.18. The van der Waals surface area contributed by atoms with E-state index in [1.165, 1.54) is 0 Å². The molecule has 2 aromatic rings. The van der Waals surface area contributed by atoms with Crippen LogP contribution >= 0.6 is 22.9 Å². The Morgan fingerprint density at radius 1 is 1.50 bits per heavy atom. The number of aromatic amines is 1. The Bertz CT molecular complexity index is 355. The first-order chi connectivity index (χ1) is 5.75. The van der Waals surface area contributed by atoms with E-state index in [9.17, 15) is 0 Å². The maximum atomic E-state index is 5.56. The molecule has 0 bridgehead atoms. The van der Waals surface area contributed by atoms with Gasteiger partial charge in [0, 0.05) is 5.38 Å². The summed E-state index contributed by atoms with van der Waals surface area (Å²) in [4.78, 5) is 8.15. The first-order valence-electron chi connectivity index (χ1n) is 3.26. The zero-order valence-electron chi connectivity index (χ0n) is 6.21. The second kappa shape index (κ2) is 2.84. The molecule has 62 valence electrons. The highest BCUT2D eigenvalue weighted by atomic mass is 35.5. The van der Waals surface area contributed by atoms with Gasteiger partial charge in [0.25, 0.3) is 0 Å². The molecule has 6 heteroatoms. The summed E-state index contributed by atoms with van der Waals surface area (Å²) in [6.45, 7) is 1.93. The number of halogens is 1. The second-order valence-corrected chi connectivity index (χ2v) is 3.62. The number of nitrogens with zero attached hydrogens (tertiary/aromatic N) is 3. The van der Waals surface area contributed by atoms with Gasteiger partial charge in [0.15, 0.2) is 0 Å². The molecule has 0 aliphatic rings. The van der Waals surface area contributed by atoms with Crippen LogP contribution in [0.5, 0.6) is 0 Å². The molecule has 0 aliphatic heterocycles. The molecule has 0 amide bonds. The molecular weight excluding hydrogens is 196 g/mol. The summed E-state index contributed by atoms with van der Waals surface area (Å²) in [6, 6.07) is 0. The third-order valence-electron chi connectivity index (χ3n) is 1.31. The Balaban J connectivity index is 2.43. The molecule has 1 N–H and O–H groups in total. The molecule has 0 unspecified atom stereocenters. The van der Waals surface area contributed by atoms with Crippen molar-refractivity contribution in [2.75, 3.05) is 0 Å². The van der Waals surface area contributed by atoms with Crippen molar-refractivity contribution in [2.24, 2.45) is 0 Å². The largest absolute Gasteiger partial charge is 0.249 e. The fraction of sp³-hybridized carbons (Fsp3) is 0.167. The standard InChI is InChI=1S/C6H5ClN4S/c1-3-8-4(2-12-3)5-9-6(7)11-10-5/h2H,1H3,(H,9,10,11). The van der Waals surface area contributed by atoms with E-state index in [1.54, 1.807) is 11.3 Å². The summed E-state index contributed by atoms with van der Waals surface area (Å²) >= 11 is 7.12. The predicted molar refractivity (Wildman–Crippen MR) is 47.2 cm³/mol. The lowest BCUT2D eigenvalue weighted by atomic mass is 10.5. The smallest absolute Gasteiger partial charge is 0.218 e. The van der Waals surface area contributed by atoms with Gasteiger partial charge in [0.2, 0.25) is 11.1 Å². The van der Waals surface area contributed by atoms with Gasteiger partial charge in [-0.1, -0.05) is 0 Å². The number of aromatic nitrogens is 4. The van der Waals surface area contributed by atoms with Crippen LogP contribution in [0.1, 0.15) is 5.01 Å². The Morgan fingerprint density at radius 3 is 2.83 bits per heavy atom. The van der Waals surface area contributed by atoms with Crippen molar-refractivity contribution in [2.45, 2.75) is 6.92 Å². The molecule has 0 aromatic carbocycles. The van der Waals surface area contributed by atoms with Crippen LogP contribution in [-0.2, 0) is 0 Å². The lowest BCUT2D eigenvalue weighted by Gasteiger charge is -1.82. The monoisotopic (exact) mass is 200 g/mol. The van der Waals surface area contributed by atoms with Gasteiger partial charge >= 0.3 is 0 Å². The molecule has 0 fully saturated rings. The molecule has 0 spiro atoms. The molecular formula is C6H5ClN4S. The fourth-order valence-corrected chi connectivity index (χ4v) is 1.54. The van der Waals surface area contributed by atoms with Crippen molar-refractivity contribution in [1.29, 1.82) is 0 Å². The lowest BCUT2D eigenvalue weighted by molar-refractivity contribution is 1.09. The van der Waals surface area contributed by atoms with Crippen LogP contribution in [0.3, 0.4) is 0 Å². The predicted octanol–water partition coefficient (Wildman–Crippen LogP) is 1.89. The van der Waals surface area contributed by atoms with Crippen molar-refractivity contribution in [3.8, 4) is 11.5 Å². The molecule has 4 nitrogen and oxygen atoms in total. The van der Waals surface area contributed by atoms with Crippen LogP contribution in [0, 0.1) is 6.92 Å². The minimum Gasteiger partial charge on any atom is -0.249 e. The average Bonchev–Trinajstić information content (AvgIpc) is 2.58. The van der Waals surface area contributed by atoms with Crippen LogP contribution in [0.15, 0.2) is 5.38 Å². The van der Waals surface area contributed by atoms with Crippen molar-refractivity contribution in [1.82, 2.24) is 20.2 Å². The van der Waals surface area contributed by atoms with E-state index in [-0.39, 0.29) is 5.28 Å². The Kier molecular flexibility index (Phi) is 1.82. The van der Waals surface area contributed by atoms with E-state index in [0.717, 1.165) is 10.7 Å². The van der Waals surface area contributed by atoms with Gasteiger partial charge in [-0.15, -0.1) is 11.3 Å². The van der Waals surface area contributed by atoms with Crippen LogP contribution in [0.4, 0.5) is 0 Å². The molecule has 0 aliphatic carbocycles. The molecule has 2 heterocycles. The number of aryl methyl sites for hydroxylation is 1. The number of hydrogen-bond donors (Lipinski definition) is 1. The number of rotatable bonds is 1. The van der Waals surface area contributed by atoms with E-state index >= 15 is 0 Å². The van der Waals surface area contributed by atoms with Crippen LogP contribution in [0.25, 0.3) is 11.5 Å². The van der Waals surface area contributed by atoms with Crippen molar-refractivity contribution in [3.63, 3.8) is 0 Å². The number of hydrogen-bond acceptors (Lipinski definition) is 4. The van der Waals surface area contributed by atoms with Crippen LogP contribution in [0.2, 0.25) is 5.28 Å². The highest BCUT2D eigenvalue weighted by Gasteiger charge is 2.06. The Hall–Kier alpha value is -0.940. The van der Waals surface area contributed by atoms with Gasteiger partial charge in [-0.3, -0.25) is 0 Å². The lowest BCUT2D eigenvalue weighted by Crippen LogP contribution is -1.80. The van der Waals surface area contributed by atoms with Gasteiger partial charge in [0.1, 0.15) is 5.69 Å². The van der Waals surface area contributed by atoms with E-state index in [0.29, 0.717) is 5.82 Å². The number of nitrogens with one attached hydrogen (secondary N) is 1. The summed E-state index contributed by atoms with van der Waals surface area (Å²) in [6.07, 6.45) is 0. The van der Waals surface area contributed by atoms with Gasteiger partial charge in [0.05, 0.1) is 5.01 Å². The molecule has 0 atom stereocenters. The zero-order chi connectivity index (χ0) is 8.55. The van der Waals surface area contributed by atoms with Gasteiger partial charge in [-0.2, -0.15) is 10.1 Å². The van der Waals surface area contributed by atoms with E-state index in [4.69, 9.17) is 11.6 Å². The summed E-state index contributed by atoms with van der Waals surface area (Å²) in [7, 11) is 0. The maximum absolute atomic E-state index is 5.56. The number of thiazole rings is 1. The summed E-state index contributed by atoms with van der Waals surface area (Å²) in [5.74, 6) is 0.546. The molecule has 2 aromatic heterocycles.